The zero-order valence-electron chi connectivity index (χ0n) is 9.58. The van der Waals surface area contributed by atoms with E-state index in [-0.39, 0.29) is 5.41 Å². The molecule has 2 heteroatoms. The van der Waals surface area contributed by atoms with E-state index in [0.29, 0.717) is 5.75 Å². The number of hydrogen-bond donors (Lipinski definition) is 0. The summed E-state index contributed by atoms with van der Waals surface area (Å²) in [5.41, 5.74) is 2.87. The number of thioether (sulfide) groups is 1. The molecule has 0 spiro atoms. The van der Waals surface area contributed by atoms with Crippen LogP contribution in [0.15, 0.2) is 24.3 Å². The van der Waals surface area contributed by atoms with Gasteiger partial charge in [-0.05, 0) is 16.5 Å². The topological polar surface area (TPSA) is 23.8 Å². The van der Waals surface area contributed by atoms with Crippen LogP contribution in [0.2, 0.25) is 0 Å². The van der Waals surface area contributed by atoms with Crippen LogP contribution in [0.25, 0.3) is 0 Å². The SMILES string of the molecule is CC(C)(C)c1ccc(CSCC#N)cc1. The molecule has 0 saturated carbocycles. The predicted octanol–water partition coefficient (Wildman–Crippen LogP) is 3.74. The highest BCUT2D eigenvalue weighted by molar-refractivity contribution is 7.98. The Morgan fingerprint density at radius 1 is 1.20 bits per heavy atom. The minimum absolute atomic E-state index is 0.221. The smallest absolute Gasteiger partial charge is 0.0811 e. The van der Waals surface area contributed by atoms with Gasteiger partial charge in [-0.3, -0.25) is 0 Å². The third-order valence-electron chi connectivity index (χ3n) is 2.26. The molecule has 1 nitrogen and oxygen atoms in total. The van der Waals surface area contributed by atoms with Gasteiger partial charge in [-0.1, -0.05) is 45.0 Å². The van der Waals surface area contributed by atoms with Crippen molar-refractivity contribution in [2.24, 2.45) is 0 Å². The Bertz CT molecular complexity index is 340. The van der Waals surface area contributed by atoms with E-state index in [1.807, 2.05) is 0 Å². The number of benzene rings is 1. The fourth-order valence-electron chi connectivity index (χ4n) is 1.32. The molecule has 0 atom stereocenters. The van der Waals surface area contributed by atoms with Crippen molar-refractivity contribution in [2.75, 3.05) is 5.75 Å². The quantitative estimate of drug-likeness (QED) is 0.723. The van der Waals surface area contributed by atoms with Crippen molar-refractivity contribution >= 4 is 11.8 Å². The van der Waals surface area contributed by atoms with Gasteiger partial charge in [0.25, 0.3) is 0 Å². The molecule has 1 aromatic carbocycles. The van der Waals surface area contributed by atoms with Gasteiger partial charge in [-0.2, -0.15) is 5.26 Å². The average molecular weight is 219 g/mol. The molecular formula is C13H17NS. The Balaban J connectivity index is 2.61. The van der Waals surface area contributed by atoms with Gasteiger partial charge in [0.05, 0.1) is 11.8 Å². The maximum Gasteiger partial charge on any atom is 0.0811 e. The predicted molar refractivity (Wildman–Crippen MR) is 66.9 cm³/mol. The highest BCUT2D eigenvalue weighted by Crippen LogP contribution is 2.23. The molecule has 1 aromatic rings. The molecule has 80 valence electrons. The van der Waals surface area contributed by atoms with Crippen LogP contribution in [0.5, 0.6) is 0 Å². The van der Waals surface area contributed by atoms with E-state index in [1.54, 1.807) is 11.8 Å². The van der Waals surface area contributed by atoms with Crippen molar-refractivity contribution in [3.05, 3.63) is 35.4 Å². The van der Waals surface area contributed by atoms with Gasteiger partial charge in [0.2, 0.25) is 0 Å². The lowest BCUT2D eigenvalue weighted by Gasteiger charge is -2.19. The third-order valence-corrected chi connectivity index (χ3v) is 3.13. The fourth-order valence-corrected chi connectivity index (χ4v) is 1.94. The normalized spacial score (nSPS) is 11.1. The molecule has 0 heterocycles. The summed E-state index contributed by atoms with van der Waals surface area (Å²) in [5, 5.41) is 8.42. The van der Waals surface area contributed by atoms with Crippen LogP contribution in [-0.2, 0) is 11.2 Å². The first kappa shape index (κ1) is 12.1. The molecule has 0 aromatic heterocycles. The number of nitrogens with zero attached hydrogens (tertiary/aromatic N) is 1. The molecule has 0 fully saturated rings. The van der Waals surface area contributed by atoms with Crippen LogP contribution in [0.4, 0.5) is 0 Å². The summed E-state index contributed by atoms with van der Waals surface area (Å²) in [6.45, 7) is 6.64. The van der Waals surface area contributed by atoms with E-state index in [4.69, 9.17) is 5.26 Å². The monoisotopic (exact) mass is 219 g/mol. The van der Waals surface area contributed by atoms with Crippen LogP contribution in [0, 0.1) is 11.3 Å². The van der Waals surface area contributed by atoms with Crippen molar-refractivity contribution in [1.29, 1.82) is 5.26 Å². The minimum Gasteiger partial charge on any atom is -0.197 e. The molecule has 0 bridgehead atoms. The van der Waals surface area contributed by atoms with Crippen LogP contribution >= 0.6 is 11.8 Å². The lowest BCUT2D eigenvalue weighted by atomic mass is 9.87. The fraction of sp³-hybridized carbons (Fsp3) is 0.462. The van der Waals surface area contributed by atoms with Crippen LogP contribution in [-0.4, -0.2) is 5.75 Å². The van der Waals surface area contributed by atoms with Gasteiger partial charge in [0.1, 0.15) is 0 Å². The maximum atomic E-state index is 8.42. The Morgan fingerprint density at radius 3 is 2.27 bits per heavy atom. The summed E-state index contributed by atoms with van der Waals surface area (Å²) in [6, 6.07) is 10.8. The van der Waals surface area contributed by atoms with Gasteiger partial charge in [-0.15, -0.1) is 11.8 Å². The molecule has 0 aliphatic heterocycles. The Labute approximate surface area is 96.5 Å². The largest absolute Gasteiger partial charge is 0.197 e. The van der Waals surface area contributed by atoms with Crippen LogP contribution in [0.1, 0.15) is 31.9 Å². The summed E-state index contributed by atoms with van der Waals surface area (Å²) < 4.78 is 0. The van der Waals surface area contributed by atoms with Gasteiger partial charge in [0.15, 0.2) is 0 Å². The second kappa shape index (κ2) is 5.23. The van der Waals surface area contributed by atoms with Crippen molar-refractivity contribution in [2.45, 2.75) is 31.9 Å². The van der Waals surface area contributed by atoms with Crippen molar-refractivity contribution in [1.82, 2.24) is 0 Å². The van der Waals surface area contributed by atoms with Crippen LogP contribution < -0.4 is 0 Å². The highest BCUT2D eigenvalue weighted by atomic mass is 32.2. The first-order valence-electron chi connectivity index (χ1n) is 5.08. The van der Waals surface area contributed by atoms with Gasteiger partial charge in [-0.25, -0.2) is 0 Å². The number of hydrogen-bond acceptors (Lipinski definition) is 2. The third kappa shape index (κ3) is 3.97. The molecule has 0 radical (unpaired) electrons. The van der Waals surface area contributed by atoms with E-state index in [9.17, 15) is 0 Å². The zero-order chi connectivity index (χ0) is 11.3. The standard InChI is InChI=1S/C13H17NS/c1-13(2,3)12-6-4-11(5-7-12)10-15-9-8-14/h4-7H,9-10H2,1-3H3. The molecule has 0 aliphatic carbocycles. The summed E-state index contributed by atoms with van der Waals surface area (Å²) in [5.74, 6) is 1.50. The van der Waals surface area contributed by atoms with Crippen molar-refractivity contribution < 1.29 is 0 Å². The first-order valence-corrected chi connectivity index (χ1v) is 6.23. The lowest BCUT2D eigenvalue weighted by Crippen LogP contribution is -2.10. The molecule has 0 unspecified atom stereocenters. The number of rotatable bonds is 3. The summed E-state index contributed by atoms with van der Waals surface area (Å²) in [7, 11) is 0. The molecule has 0 aliphatic rings. The van der Waals surface area contributed by atoms with Crippen molar-refractivity contribution in [3.63, 3.8) is 0 Å². The Morgan fingerprint density at radius 2 is 1.80 bits per heavy atom. The van der Waals surface area contributed by atoms with E-state index in [2.05, 4.69) is 51.1 Å². The number of nitriles is 1. The zero-order valence-corrected chi connectivity index (χ0v) is 10.4. The molecule has 15 heavy (non-hydrogen) atoms. The molecule has 0 saturated heterocycles. The molecule has 0 amide bonds. The minimum atomic E-state index is 0.221. The Hall–Kier alpha value is -0.940. The van der Waals surface area contributed by atoms with Gasteiger partial charge >= 0.3 is 0 Å². The highest BCUT2D eigenvalue weighted by Gasteiger charge is 2.12. The second-order valence-corrected chi connectivity index (χ2v) is 5.58. The van der Waals surface area contributed by atoms with E-state index in [0.717, 1.165) is 5.75 Å². The van der Waals surface area contributed by atoms with Gasteiger partial charge in [0, 0.05) is 5.75 Å². The molecular weight excluding hydrogens is 202 g/mol. The van der Waals surface area contributed by atoms with Crippen LogP contribution in [0.3, 0.4) is 0 Å². The molecule has 1 rings (SSSR count). The van der Waals surface area contributed by atoms with Crippen molar-refractivity contribution in [3.8, 4) is 6.07 Å². The first-order chi connectivity index (χ1) is 7.04. The summed E-state index contributed by atoms with van der Waals surface area (Å²) >= 11 is 1.66. The second-order valence-electron chi connectivity index (χ2n) is 4.60. The Kier molecular flexibility index (Phi) is 4.23. The van der Waals surface area contributed by atoms with Gasteiger partial charge < -0.3 is 0 Å². The molecule has 0 N–H and O–H groups in total. The summed E-state index contributed by atoms with van der Waals surface area (Å²) in [6.07, 6.45) is 0. The maximum absolute atomic E-state index is 8.42. The van der Waals surface area contributed by atoms with E-state index >= 15 is 0 Å². The summed E-state index contributed by atoms with van der Waals surface area (Å²) in [4.78, 5) is 0. The average Bonchev–Trinajstić information content (AvgIpc) is 2.18. The van der Waals surface area contributed by atoms with E-state index < -0.39 is 0 Å². The lowest BCUT2D eigenvalue weighted by molar-refractivity contribution is 0.590. The van der Waals surface area contributed by atoms with E-state index in [1.165, 1.54) is 11.1 Å².